The fourth-order valence-electron chi connectivity index (χ4n) is 3.55. The first-order chi connectivity index (χ1) is 12.8. The van der Waals surface area contributed by atoms with Crippen molar-refractivity contribution >= 4 is 16.9 Å². The Labute approximate surface area is 153 Å². The zero-order valence-corrected chi connectivity index (χ0v) is 14.4. The van der Waals surface area contributed by atoms with Gasteiger partial charge in [-0.25, -0.2) is 14.4 Å². The zero-order valence-electron chi connectivity index (χ0n) is 14.4. The number of aromatic nitrogens is 3. The SMILES string of the molecule is C[C@@](O)(c1ccccc1)[C@H]1O[C@@H](n2cc(F)c3c(N)ncnc32)[C@H](O)[C@@H]1O. The highest BCUT2D eigenvalue weighted by molar-refractivity contribution is 5.86. The van der Waals surface area contributed by atoms with Gasteiger partial charge in [0, 0.05) is 6.20 Å². The highest BCUT2D eigenvalue weighted by atomic mass is 19.1. The predicted molar refractivity (Wildman–Crippen MR) is 93.8 cm³/mol. The molecule has 9 heteroatoms. The molecule has 0 unspecified atom stereocenters. The molecular formula is C18H19FN4O4. The minimum Gasteiger partial charge on any atom is -0.387 e. The van der Waals surface area contributed by atoms with Gasteiger partial charge in [-0.1, -0.05) is 30.3 Å². The summed E-state index contributed by atoms with van der Waals surface area (Å²) >= 11 is 0. The van der Waals surface area contributed by atoms with Gasteiger partial charge in [-0.2, -0.15) is 0 Å². The molecule has 5 atom stereocenters. The summed E-state index contributed by atoms with van der Waals surface area (Å²) in [5.41, 5.74) is 4.75. The molecule has 27 heavy (non-hydrogen) atoms. The third-order valence-corrected chi connectivity index (χ3v) is 5.02. The summed E-state index contributed by atoms with van der Waals surface area (Å²) < 4.78 is 21.4. The van der Waals surface area contributed by atoms with Crippen LogP contribution >= 0.6 is 0 Å². The summed E-state index contributed by atoms with van der Waals surface area (Å²) in [5.74, 6) is -0.719. The summed E-state index contributed by atoms with van der Waals surface area (Å²) in [6.45, 7) is 1.49. The average Bonchev–Trinajstić information content (AvgIpc) is 3.14. The second-order valence-electron chi connectivity index (χ2n) is 6.78. The Morgan fingerprint density at radius 1 is 1.19 bits per heavy atom. The molecule has 1 aliphatic heterocycles. The number of benzene rings is 1. The lowest BCUT2D eigenvalue weighted by Crippen LogP contribution is -2.45. The average molecular weight is 374 g/mol. The van der Waals surface area contributed by atoms with Crippen LogP contribution in [0, 0.1) is 5.82 Å². The first-order valence-corrected chi connectivity index (χ1v) is 8.38. The van der Waals surface area contributed by atoms with Crippen LogP contribution in [0.2, 0.25) is 0 Å². The Morgan fingerprint density at radius 2 is 1.89 bits per heavy atom. The van der Waals surface area contributed by atoms with Crippen LogP contribution < -0.4 is 5.73 Å². The van der Waals surface area contributed by atoms with Gasteiger partial charge < -0.3 is 30.4 Å². The Kier molecular flexibility index (Phi) is 4.11. The van der Waals surface area contributed by atoms with Crippen molar-refractivity contribution in [1.29, 1.82) is 0 Å². The summed E-state index contributed by atoms with van der Waals surface area (Å²) in [7, 11) is 0. The summed E-state index contributed by atoms with van der Waals surface area (Å²) in [5, 5.41) is 32.0. The maximum absolute atomic E-state index is 14.3. The number of aliphatic hydroxyl groups excluding tert-OH is 2. The molecule has 0 saturated carbocycles. The third-order valence-electron chi connectivity index (χ3n) is 5.02. The number of rotatable bonds is 3. The molecule has 0 aliphatic carbocycles. The van der Waals surface area contributed by atoms with Gasteiger partial charge >= 0.3 is 0 Å². The van der Waals surface area contributed by atoms with Crippen LogP contribution in [0.4, 0.5) is 10.2 Å². The molecule has 1 aliphatic rings. The first-order valence-electron chi connectivity index (χ1n) is 8.38. The van der Waals surface area contributed by atoms with E-state index in [0.29, 0.717) is 5.56 Å². The van der Waals surface area contributed by atoms with Crippen LogP contribution in [0.3, 0.4) is 0 Å². The van der Waals surface area contributed by atoms with Gasteiger partial charge in [-0.15, -0.1) is 0 Å². The third kappa shape index (κ3) is 2.67. The number of aliphatic hydroxyl groups is 3. The maximum Gasteiger partial charge on any atom is 0.164 e. The molecule has 1 saturated heterocycles. The summed E-state index contributed by atoms with van der Waals surface area (Å²) in [6, 6.07) is 8.66. The molecular weight excluding hydrogens is 355 g/mol. The standard InChI is InChI=1S/C18H19FN4O4/c1-18(26,9-5-3-2-4-6-9)14-12(24)13(25)17(27-14)23-7-10(19)11-15(20)21-8-22-16(11)23/h2-8,12-14,17,24-26H,1H3,(H2,20,21,22)/t12-,13+,14-,17+,18+/m0/s1. The fourth-order valence-corrected chi connectivity index (χ4v) is 3.55. The normalized spacial score (nSPS) is 27.7. The lowest BCUT2D eigenvalue weighted by molar-refractivity contribution is -0.135. The number of ether oxygens (including phenoxy) is 1. The Morgan fingerprint density at radius 3 is 2.59 bits per heavy atom. The van der Waals surface area contributed by atoms with Gasteiger partial charge in [0.15, 0.2) is 17.7 Å². The number of nitrogen functional groups attached to an aromatic ring is 1. The molecule has 0 amide bonds. The molecule has 1 aromatic carbocycles. The molecule has 142 valence electrons. The minimum atomic E-state index is -1.59. The number of hydrogen-bond acceptors (Lipinski definition) is 7. The molecule has 4 rings (SSSR count). The van der Waals surface area contributed by atoms with Crippen molar-refractivity contribution in [3.05, 3.63) is 54.2 Å². The maximum atomic E-state index is 14.3. The topological polar surface area (TPSA) is 127 Å². The van der Waals surface area contributed by atoms with Gasteiger partial charge in [-0.05, 0) is 12.5 Å². The molecule has 0 radical (unpaired) electrons. The van der Waals surface area contributed by atoms with E-state index in [4.69, 9.17) is 10.5 Å². The van der Waals surface area contributed by atoms with Crippen molar-refractivity contribution in [2.24, 2.45) is 0 Å². The Balaban J connectivity index is 1.74. The Hall–Kier alpha value is -2.59. The van der Waals surface area contributed by atoms with Crippen molar-refractivity contribution in [3.8, 4) is 0 Å². The quantitative estimate of drug-likeness (QED) is 0.531. The number of anilines is 1. The molecule has 3 heterocycles. The van der Waals surface area contributed by atoms with Crippen LogP contribution in [0.1, 0.15) is 18.7 Å². The zero-order chi connectivity index (χ0) is 19.3. The van der Waals surface area contributed by atoms with E-state index >= 15 is 0 Å². The smallest absolute Gasteiger partial charge is 0.164 e. The molecule has 5 N–H and O–H groups in total. The highest BCUT2D eigenvalue weighted by Gasteiger charge is 2.52. The van der Waals surface area contributed by atoms with E-state index in [1.165, 1.54) is 17.8 Å². The fraction of sp³-hybridized carbons (Fsp3) is 0.333. The van der Waals surface area contributed by atoms with Crippen molar-refractivity contribution in [1.82, 2.24) is 14.5 Å². The number of fused-ring (bicyclic) bond motifs is 1. The summed E-state index contributed by atoms with van der Waals surface area (Å²) in [6.07, 6.45) is -2.90. The molecule has 3 aromatic rings. The lowest BCUT2D eigenvalue weighted by Gasteiger charge is -2.32. The number of halogens is 1. The molecule has 0 spiro atoms. The van der Waals surface area contributed by atoms with Crippen molar-refractivity contribution in [3.63, 3.8) is 0 Å². The minimum absolute atomic E-state index is 0.000981. The van der Waals surface area contributed by atoms with Crippen LogP contribution in [-0.4, -0.2) is 48.2 Å². The van der Waals surface area contributed by atoms with Crippen LogP contribution in [0.5, 0.6) is 0 Å². The molecule has 2 aromatic heterocycles. The highest BCUT2D eigenvalue weighted by Crippen LogP contribution is 2.40. The van der Waals surface area contributed by atoms with Gasteiger partial charge in [0.25, 0.3) is 0 Å². The summed E-state index contributed by atoms with van der Waals surface area (Å²) in [4.78, 5) is 7.77. The van der Waals surface area contributed by atoms with Crippen molar-refractivity contribution in [2.45, 2.75) is 37.1 Å². The van der Waals surface area contributed by atoms with Gasteiger partial charge in [0.05, 0.1) is 5.39 Å². The van der Waals surface area contributed by atoms with Gasteiger partial charge in [0.2, 0.25) is 0 Å². The number of hydrogen-bond donors (Lipinski definition) is 4. The lowest BCUT2D eigenvalue weighted by atomic mass is 9.87. The van der Waals surface area contributed by atoms with E-state index in [2.05, 4.69) is 9.97 Å². The number of nitrogens with zero attached hydrogens (tertiary/aromatic N) is 3. The van der Waals surface area contributed by atoms with E-state index in [9.17, 15) is 19.7 Å². The second-order valence-corrected chi connectivity index (χ2v) is 6.78. The van der Waals surface area contributed by atoms with Gasteiger partial charge in [-0.3, -0.25) is 0 Å². The van der Waals surface area contributed by atoms with Crippen LogP contribution in [-0.2, 0) is 10.3 Å². The van der Waals surface area contributed by atoms with Crippen molar-refractivity contribution in [2.75, 3.05) is 5.73 Å². The van der Waals surface area contributed by atoms with E-state index in [1.807, 2.05) is 0 Å². The van der Waals surface area contributed by atoms with Crippen molar-refractivity contribution < 1.29 is 24.4 Å². The predicted octanol–water partition coefficient (Wildman–Crippen LogP) is 0.679. The monoisotopic (exact) mass is 374 g/mol. The Bertz CT molecular complexity index is 978. The van der Waals surface area contributed by atoms with Crippen LogP contribution in [0.25, 0.3) is 11.0 Å². The van der Waals surface area contributed by atoms with E-state index in [0.717, 1.165) is 6.20 Å². The largest absolute Gasteiger partial charge is 0.387 e. The van der Waals surface area contributed by atoms with Gasteiger partial charge in [0.1, 0.15) is 36.1 Å². The molecule has 1 fully saturated rings. The molecule has 8 nitrogen and oxygen atoms in total. The van der Waals surface area contributed by atoms with E-state index in [1.54, 1.807) is 30.3 Å². The molecule has 0 bridgehead atoms. The van der Waals surface area contributed by atoms with Crippen LogP contribution in [0.15, 0.2) is 42.9 Å². The van der Waals surface area contributed by atoms with E-state index in [-0.39, 0.29) is 16.9 Å². The second kappa shape index (κ2) is 6.24. The number of nitrogens with two attached hydrogens (primary N) is 1. The van der Waals surface area contributed by atoms with E-state index < -0.39 is 36.0 Å². The first kappa shape index (κ1) is 17.8.